The zero-order valence-electron chi connectivity index (χ0n) is 11.3. The molecule has 1 aromatic rings. The van der Waals surface area contributed by atoms with Crippen molar-refractivity contribution in [2.45, 2.75) is 45.8 Å². The quantitative estimate of drug-likeness (QED) is 0.744. The molecular formula is C15H22O3. The van der Waals surface area contributed by atoms with Gasteiger partial charge in [0.25, 0.3) is 0 Å². The third kappa shape index (κ3) is 1.64. The van der Waals surface area contributed by atoms with Gasteiger partial charge in [0.1, 0.15) is 0 Å². The second-order valence-corrected chi connectivity index (χ2v) is 6.93. The Morgan fingerprint density at radius 2 is 1.61 bits per heavy atom. The Morgan fingerprint density at radius 3 is 2.28 bits per heavy atom. The number of aliphatic hydroxyl groups excluding tert-OH is 2. The highest BCUT2D eigenvalue weighted by atomic mass is 16.3. The van der Waals surface area contributed by atoms with Crippen LogP contribution >= 0.6 is 0 Å². The molecule has 100 valence electrons. The SMILES string of the molecule is C[C@H]1[C@@H]2CC(C)(C)C[C@@H]2[C@@H](O)c2cocc2[C@H]1O. The minimum absolute atomic E-state index is 0.172. The lowest BCUT2D eigenvalue weighted by atomic mass is 9.81. The number of hydrogen-bond acceptors (Lipinski definition) is 3. The summed E-state index contributed by atoms with van der Waals surface area (Å²) in [6, 6.07) is 0. The smallest absolute Gasteiger partial charge is 0.0964 e. The molecule has 1 aromatic heterocycles. The van der Waals surface area contributed by atoms with Gasteiger partial charge in [-0.25, -0.2) is 0 Å². The van der Waals surface area contributed by atoms with Gasteiger partial charge in [-0.1, -0.05) is 20.8 Å². The van der Waals surface area contributed by atoms with Crippen molar-refractivity contribution in [2.24, 2.45) is 23.2 Å². The molecule has 0 unspecified atom stereocenters. The number of furan rings is 1. The molecule has 0 spiro atoms. The van der Waals surface area contributed by atoms with Crippen molar-refractivity contribution in [1.29, 1.82) is 0 Å². The molecule has 1 saturated carbocycles. The molecule has 0 amide bonds. The van der Waals surface area contributed by atoms with Crippen LogP contribution in [0.5, 0.6) is 0 Å². The van der Waals surface area contributed by atoms with Gasteiger partial charge in [0.15, 0.2) is 0 Å². The molecule has 1 heterocycles. The van der Waals surface area contributed by atoms with Gasteiger partial charge in [0, 0.05) is 11.1 Å². The van der Waals surface area contributed by atoms with E-state index in [4.69, 9.17) is 4.42 Å². The zero-order valence-corrected chi connectivity index (χ0v) is 11.3. The van der Waals surface area contributed by atoms with Gasteiger partial charge >= 0.3 is 0 Å². The third-order valence-electron chi connectivity index (χ3n) is 5.07. The van der Waals surface area contributed by atoms with E-state index in [1.165, 1.54) is 0 Å². The molecule has 0 bridgehead atoms. The van der Waals surface area contributed by atoms with Crippen molar-refractivity contribution in [2.75, 3.05) is 0 Å². The Labute approximate surface area is 108 Å². The fourth-order valence-corrected chi connectivity index (χ4v) is 4.13. The van der Waals surface area contributed by atoms with Crippen LogP contribution in [0.25, 0.3) is 0 Å². The summed E-state index contributed by atoms with van der Waals surface area (Å²) in [7, 11) is 0. The van der Waals surface area contributed by atoms with E-state index in [2.05, 4.69) is 20.8 Å². The lowest BCUT2D eigenvalue weighted by Gasteiger charge is -2.27. The second-order valence-electron chi connectivity index (χ2n) is 6.93. The summed E-state index contributed by atoms with van der Waals surface area (Å²) in [5, 5.41) is 21.1. The monoisotopic (exact) mass is 250 g/mol. The van der Waals surface area contributed by atoms with E-state index >= 15 is 0 Å². The first-order valence-electron chi connectivity index (χ1n) is 6.83. The predicted octanol–water partition coefficient (Wildman–Crippen LogP) is 3.05. The molecule has 1 fully saturated rings. The summed E-state index contributed by atoms with van der Waals surface area (Å²) in [6.07, 6.45) is 4.27. The Morgan fingerprint density at radius 1 is 1.06 bits per heavy atom. The molecule has 2 aliphatic carbocycles. The largest absolute Gasteiger partial charge is 0.472 e. The van der Waals surface area contributed by atoms with Crippen LogP contribution in [0.4, 0.5) is 0 Å². The lowest BCUT2D eigenvalue weighted by Crippen LogP contribution is -2.22. The van der Waals surface area contributed by atoms with E-state index in [-0.39, 0.29) is 17.3 Å². The summed E-state index contributed by atoms with van der Waals surface area (Å²) >= 11 is 0. The van der Waals surface area contributed by atoms with Gasteiger partial charge in [-0.3, -0.25) is 0 Å². The zero-order chi connectivity index (χ0) is 13.1. The average Bonchev–Trinajstić information content (AvgIpc) is 2.88. The first kappa shape index (κ1) is 12.2. The Kier molecular flexibility index (Phi) is 2.62. The normalized spacial score (nSPS) is 42.2. The minimum Gasteiger partial charge on any atom is -0.472 e. The molecule has 5 atom stereocenters. The molecule has 0 aliphatic heterocycles. The van der Waals surface area contributed by atoms with Crippen LogP contribution in [0.15, 0.2) is 16.9 Å². The average molecular weight is 250 g/mol. The molecule has 0 aromatic carbocycles. The highest BCUT2D eigenvalue weighted by Gasteiger charge is 2.49. The highest BCUT2D eigenvalue weighted by Crippen LogP contribution is 2.57. The maximum absolute atomic E-state index is 10.6. The highest BCUT2D eigenvalue weighted by molar-refractivity contribution is 5.29. The first-order valence-corrected chi connectivity index (χ1v) is 6.83. The minimum atomic E-state index is -0.516. The molecule has 2 aliphatic rings. The number of rotatable bonds is 0. The van der Waals surface area contributed by atoms with Crippen molar-refractivity contribution in [3.63, 3.8) is 0 Å². The van der Waals surface area contributed by atoms with Crippen molar-refractivity contribution in [3.05, 3.63) is 23.7 Å². The molecule has 0 radical (unpaired) electrons. The van der Waals surface area contributed by atoms with Gasteiger partial charge < -0.3 is 14.6 Å². The van der Waals surface area contributed by atoms with Crippen LogP contribution in [0.3, 0.4) is 0 Å². The van der Waals surface area contributed by atoms with Crippen molar-refractivity contribution < 1.29 is 14.6 Å². The first-order chi connectivity index (χ1) is 8.41. The Hall–Kier alpha value is -0.800. The van der Waals surface area contributed by atoms with E-state index in [0.717, 1.165) is 24.0 Å². The summed E-state index contributed by atoms with van der Waals surface area (Å²) in [5.74, 6) is 0.797. The molecule has 18 heavy (non-hydrogen) atoms. The van der Waals surface area contributed by atoms with Gasteiger partial charge in [0.2, 0.25) is 0 Å². The summed E-state index contributed by atoms with van der Waals surface area (Å²) < 4.78 is 5.19. The Balaban J connectivity index is 2.05. The van der Waals surface area contributed by atoms with Gasteiger partial charge in [-0.05, 0) is 36.0 Å². The molecule has 3 rings (SSSR count). The molecule has 3 nitrogen and oxygen atoms in total. The Bertz CT molecular complexity index is 448. The molecule has 3 heteroatoms. The third-order valence-corrected chi connectivity index (χ3v) is 5.07. The van der Waals surface area contributed by atoms with E-state index < -0.39 is 12.2 Å². The molecule has 0 saturated heterocycles. The fourth-order valence-electron chi connectivity index (χ4n) is 4.13. The van der Waals surface area contributed by atoms with Crippen LogP contribution in [-0.2, 0) is 0 Å². The maximum Gasteiger partial charge on any atom is 0.0964 e. The second kappa shape index (κ2) is 3.84. The predicted molar refractivity (Wildman–Crippen MR) is 67.8 cm³/mol. The van der Waals surface area contributed by atoms with E-state index in [9.17, 15) is 10.2 Å². The van der Waals surface area contributed by atoms with Gasteiger partial charge in [0.05, 0.1) is 24.7 Å². The maximum atomic E-state index is 10.6. The topological polar surface area (TPSA) is 53.6 Å². The van der Waals surface area contributed by atoms with Crippen molar-refractivity contribution in [3.8, 4) is 0 Å². The number of fused-ring (bicyclic) bond motifs is 2. The summed E-state index contributed by atoms with van der Waals surface area (Å²) in [4.78, 5) is 0. The standard InChI is InChI=1S/C15H22O3/c1-8-9-4-15(2,3)5-10(9)14(17)12-7-18-6-11(12)13(8)16/h6-10,13-14,16-17H,4-5H2,1-3H3/t8-,9-,10-,13-,14+/m0/s1. The summed E-state index contributed by atoms with van der Waals surface area (Å²) in [6.45, 7) is 6.60. The van der Waals surface area contributed by atoms with E-state index in [1.807, 2.05) is 0 Å². The van der Waals surface area contributed by atoms with Crippen molar-refractivity contribution >= 4 is 0 Å². The van der Waals surface area contributed by atoms with E-state index in [1.54, 1.807) is 12.5 Å². The van der Waals surface area contributed by atoms with Gasteiger partial charge in [-0.2, -0.15) is 0 Å². The fraction of sp³-hybridized carbons (Fsp3) is 0.733. The van der Waals surface area contributed by atoms with Crippen molar-refractivity contribution in [1.82, 2.24) is 0 Å². The van der Waals surface area contributed by atoms with Crippen LogP contribution in [-0.4, -0.2) is 10.2 Å². The molecule has 2 N–H and O–H groups in total. The summed E-state index contributed by atoms with van der Waals surface area (Å²) in [5.41, 5.74) is 1.83. The van der Waals surface area contributed by atoms with Gasteiger partial charge in [-0.15, -0.1) is 0 Å². The van der Waals surface area contributed by atoms with Crippen LogP contribution < -0.4 is 0 Å². The van der Waals surface area contributed by atoms with Crippen LogP contribution in [0, 0.1) is 23.2 Å². The van der Waals surface area contributed by atoms with Crippen LogP contribution in [0.1, 0.15) is 56.9 Å². The lowest BCUT2D eigenvalue weighted by molar-refractivity contribution is 0.0397. The van der Waals surface area contributed by atoms with Crippen LogP contribution in [0.2, 0.25) is 0 Å². The number of aliphatic hydroxyl groups is 2. The van der Waals surface area contributed by atoms with E-state index in [0.29, 0.717) is 5.92 Å². The molecular weight excluding hydrogens is 228 g/mol. The number of hydrogen-bond donors (Lipinski definition) is 2.